The minimum absolute atomic E-state index is 0.202. The summed E-state index contributed by atoms with van der Waals surface area (Å²) in [5.41, 5.74) is 1.92. The van der Waals surface area contributed by atoms with E-state index in [-0.39, 0.29) is 11.9 Å². The first-order valence-electron chi connectivity index (χ1n) is 7.10. The first kappa shape index (κ1) is 13.1. The van der Waals surface area contributed by atoms with Crippen LogP contribution in [-0.4, -0.2) is 27.7 Å². The number of aryl methyl sites for hydroxylation is 1. The van der Waals surface area contributed by atoms with Gasteiger partial charge in [-0.2, -0.15) is 0 Å². The Bertz CT molecular complexity index is 629. The van der Waals surface area contributed by atoms with Gasteiger partial charge in [0.05, 0.1) is 7.11 Å². The van der Waals surface area contributed by atoms with Crippen molar-refractivity contribution in [2.45, 2.75) is 38.5 Å². The second-order valence-electron chi connectivity index (χ2n) is 5.54. The van der Waals surface area contributed by atoms with Gasteiger partial charge >= 0.3 is 5.97 Å². The van der Waals surface area contributed by atoms with Gasteiger partial charge in [0.1, 0.15) is 5.92 Å². The number of ether oxygens (including phenoxy) is 1. The number of carbonyl (C=O) groups is 1. The SMILES string of the molecule is COC(=O)C(c1nnc2cc(C)ccn12)C1CCCC1. The average Bonchev–Trinajstić information content (AvgIpc) is 3.09. The van der Waals surface area contributed by atoms with Crippen LogP contribution in [0.2, 0.25) is 0 Å². The largest absolute Gasteiger partial charge is 0.468 e. The Morgan fingerprint density at radius 3 is 2.85 bits per heavy atom. The normalized spacial score (nSPS) is 17.5. The van der Waals surface area contributed by atoms with Gasteiger partial charge in [-0.05, 0) is 43.4 Å². The Kier molecular flexibility index (Phi) is 3.42. The first-order valence-corrected chi connectivity index (χ1v) is 7.10. The highest BCUT2D eigenvalue weighted by molar-refractivity contribution is 5.77. The van der Waals surface area contributed by atoms with Gasteiger partial charge in [0, 0.05) is 6.20 Å². The zero-order valence-corrected chi connectivity index (χ0v) is 11.9. The van der Waals surface area contributed by atoms with Crippen molar-refractivity contribution in [3.63, 3.8) is 0 Å². The Morgan fingerprint density at radius 2 is 2.15 bits per heavy atom. The molecule has 0 aromatic carbocycles. The predicted octanol–water partition coefficient (Wildman–Crippen LogP) is 2.48. The Morgan fingerprint density at radius 1 is 1.40 bits per heavy atom. The van der Waals surface area contributed by atoms with E-state index < -0.39 is 0 Å². The van der Waals surface area contributed by atoms with E-state index in [1.54, 1.807) is 0 Å². The van der Waals surface area contributed by atoms with E-state index in [1.807, 2.05) is 29.7 Å². The number of pyridine rings is 1. The molecule has 0 aliphatic heterocycles. The number of aromatic nitrogens is 3. The molecule has 2 aromatic rings. The Labute approximate surface area is 118 Å². The number of fused-ring (bicyclic) bond motifs is 1. The number of esters is 1. The van der Waals surface area contributed by atoms with Crippen LogP contribution in [0.3, 0.4) is 0 Å². The van der Waals surface area contributed by atoms with Crippen LogP contribution in [0.15, 0.2) is 18.3 Å². The fourth-order valence-corrected chi connectivity index (χ4v) is 3.15. The number of methoxy groups -OCH3 is 1. The van der Waals surface area contributed by atoms with Crippen LogP contribution in [-0.2, 0) is 9.53 Å². The number of rotatable bonds is 3. The second-order valence-corrected chi connectivity index (χ2v) is 5.54. The van der Waals surface area contributed by atoms with Gasteiger partial charge in [0.2, 0.25) is 0 Å². The molecule has 1 aliphatic carbocycles. The fraction of sp³-hybridized carbons (Fsp3) is 0.533. The minimum Gasteiger partial charge on any atom is -0.468 e. The summed E-state index contributed by atoms with van der Waals surface area (Å²) in [4.78, 5) is 12.2. The molecule has 3 rings (SSSR count). The highest BCUT2D eigenvalue weighted by atomic mass is 16.5. The first-order chi connectivity index (χ1) is 9.70. The fourth-order valence-electron chi connectivity index (χ4n) is 3.15. The van der Waals surface area contributed by atoms with Crippen LogP contribution in [0, 0.1) is 12.8 Å². The smallest absolute Gasteiger partial charge is 0.316 e. The van der Waals surface area contributed by atoms with Crippen LogP contribution in [0.4, 0.5) is 0 Å². The maximum absolute atomic E-state index is 12.2. The number of hydrogen-bond donors (Lipinski definition) is 0. The van der Waals surface area contributed by atoms with Gasteiger partial charge < -0.3 is 4.74 Å². The molecule has 1 saturated carbocycles. The maximum Gasteiger partial charge on any atom is 0.316 e. The number of carbonyl (C=O) groups excluding carboxylic acids is 1. The van der Waals surface area contributed by atoms with Crippen molar-refractivity contribution in [1.82, 2.24) is 14.6 Å². The zero-order chi connectivity index (χ0) is 14.1. The van der Waals surface area contributed by atoms with Crippen molar-refractivity contribution in [3.05, 3.63) is 29.7 Å². The van der Waals surface area contributed by atoms with E-state index in [0.29, 0.717) is 11.7 Å². The lowest BCUT2D eigenvalue weighted by molar-refractivity contribution is -0.144. The predicted molar refractivity (Wildman–Crippen MR) is 74.4 cm³/mol. The lowest BCUT2D eigenvalue weighted by Crippen LogP contribution is -2.23. The highest BCUT2D eigenvalue weighted by Crippen LogP contribution is 2.37. The van der Waals surface area contributed by atoms with E-state index in [4.69, 9.17) is 4.74 Å². The third kappa shape index (κ3) is 2.17. The molecule has 106 valence electrons. The van der Waals surface area contributed by atoms with E-state index in [2.05, 4.69) is 10.2 Å². The summed E-state index contributed by atoms with van der Waals surface area (Å²) >= 11 is 0. The summed E-state index contributed by atoms with van der Waals surface area (Å²) in [5, 5.41) is 8.46. The Hall–Kier alpha value is -1.91. The summed E-state index contributed by atoms with van der Waals surface area (Å²) in [6, 6.07) is 3.97. The quantitative estimate of drug-likeness (QED) is 0.806. The average molecular weight is 273 g/mol. The third-order valence-corrected chi connectivity index (χ3v) is 4.20. The summed E-state index contributed by atoms with van der Waals surface area (Å²) in [6.45, 7) is 2.02. The lowest BCUT2D eigenvalue weighted by atomic mass is 9.90. The van der Waals surface area contributed by atoms with Crippen LogP contribution >= 0.6 is 0 Å². The van der Waals surface area contributed by atoms with Crippen LogP contribution in [0.5, 0.6) is 0 Å². The van der Waals surface area contributed by atoms with Crippen molar-refractivity contribution in [1.29, 1.82) is 0 Å². The lowest BCUT2D eigenvalue weighted by Gasteiger charge is -2.19. The molecule has 1 unspecified atom stereocenters. The summed E-state index contributed by atoms with van der Waals surface area (Å²) in [6.07, 6.45) is 6.40. The van der Waals surface area contributed by atoms with E-state index in [1.165, 1.54) is 20.0 Å². The minimum atomic E-state index is -0.305. The van der Waals surface area contributed by atoms with Crippen molar-refractivity contribution >= 4 is 11.6 Å². The van der Waals surface area contributed by atoms with Crippen LogP contribution in [0.1, 0.15) is 43.0 Å². The van der Waals surface area contributed by atoms with Gasteiger partial charge in [-0.1, -0.05) is 12.8 Å². The molecule has 2 heterocycles. The molecule has 0 amide bonds. The van der Waals surface area contributed by atoms with Crippen molar-refractivity contribution in [2.24, 2.45) is 5.92 Å². The van der Waals surface area contributed by atoms with Gasteiger partial charge in [0.25, 0.3) is 0 Å². The van der Waals surface area contributed by atoms with E-state index >= 15 is 0 Å². The van der Waals surface area contributed by atoms with Gasteiger partial charge in [0.15, 0.2) is 11.5 Å². The molecule has 20 heavy (non-hydrogen) atoms. The monoisotopic (exact) mass is 273 g/mol. The molecule has 5 heteroatoms. The van der Waals surface area contributed by atoms with Gasteiger partial charge in [-0.15, -0.1) is 10.2 Å². The molecule has 0 bridgehead atoms. The van der Waals surface area contributed by atoms with Crippen LogP contribution in [0.25, 0.3) is 5.65 Å². The second kappa shape index (κ2) is 5.23. The van der Waals surface area contributed by atoms with Gasteiger partial charge in [-0.3, -0.25) is 9.20 Å². The molecule has 5 nitrogen and oxygen atoms in total. The molecule has 0 radical (unpaired) electrons. The number of hydrogen-bond acceptors (Lipinski definition) is 4. The molecule has 1 fully saturated rings. The molecule has 0 spiro atoms. The molecule has 1 atom stereocenters. The van der Waals surface area contributed by atoms with Crippen molar-refractivity contribution in [3.8, 4) is 0 Å². The standard InChI is InChI=1S/C15H19N3O2/c1-10-7-8-18-12(9-10)16-17-14(18)13(15(19)20-2)11-5-3-4-6-11/h7-9,11,13H,3-6H2,1-2H3. The topological polar surface area (TPSA) is 56.5 Å². The Balaban J connectivity index is 2.06. The van der Waals surface area contributed by atoms with Crippen molar-refractivity contribution < 1.29 is 9.53 Å². The molecular weight excluding hydrogens is 254 g/mol. The summed E-state index contributed by atoms with van der Waals surface area (Å²) in [7, 11) is 1.44. The molecule has 1 aliphatic rings. The zero-order valence-electron chi connectivity index (χ0n) is 11.9. The highest BCUT2D eigenvalue weighted by Gasteiger charge is 2.36. The molecule has 2 aromatic heterocycles. The molecular formula is C15H19N3O2. The van der Waals surface area contributed by atoms with Crippen LogP contribution < -0.4 is 0 Å². The van der Waals surface area contributed by atoms with E-state index in [0.717, 1.165) is 24.1 Å². The molecule has 0 N–H and O–H groups in total. The number of nitrogens with zero attached hydrogens (tertiary/aromatic N) is 3. The van der Waals surface area contributed by atoms with E-state index in [9.17, 15) is 4.79 Å². The molecule has 0 saturated heterocycles. The third-order valence-electron chi connectivity index (χ3n) is 4.20. The summed E-state index contributed by atoms with van der Waals surface area (Å²) in [5.74, 6) is 0.516. The van der Waals surface area contributed by atoms with Crippen molar-refractivity contribution in [2.75, 3.05) is 7.11 Å². The summed E-state index contributed by atoms with van der Waals surface area (Å²) < 4.78 is 6.91. The van der Waals surface area contributed by atoms with Gasteiger partial charge in [-0.25, -0.2) is 0 Å². The maximum atomic E-state index is 12.2.